The molecule has 0 spiro atoms. The lowest BCUT2D eigenvalue weighted by Gasteiger charge is -2.16. The number of amidine groups is 1. The predicted molar refractivity (Wildman–Crippen MR) is 164 cm³/mol. The monoisotopic (exact) mass is 646 g/mol. The van der Waals surface area contributed by atoms with Crippen LogP contribution in [0.2, 0.25) is 0 Å². The van der Waals surface area contributed by atoms with E-state index in [2.05, 4.69) is 15.9 Å². The first-order valence-corrected chi connectivity index (χ1v) is 14.3. The zero-order chi connectivity index (χ0) is 29.6. The van der Waals surface area contributed by atoms with Gasteiger partial charge < -0.3 is 14.6 Å². The van der Waals surface area contributed by atoms with Gasteiger partial charge in [-0.1, -0.05) is 36.4 Å². The average molecular weight is 648 g/mol. The largest absolute Gasteiger partial charge is 0.497 e. The van der Waals surface area contributed by atoms with Crippen molar-refractivity contribution in [3.05, 3.63) is 128 Å². The highest BCUT2D eigenvalue weighted by molar-refractivity contribution is 9.10. The van der Waals surface area contributed by atoms with E-state index in [-0.39, 0.29) is 30.4 Å². The quantitative estimate of drug-likeness (QED) is 0.188. The number of aromatic carboxylic acids is 1. The fourth-order valence-electron chi connectivity index (χ4n) is 4.08. The number of aliphatic imine (C=N–C) groups is 1. The maximum Gasteiger partial charge on any atom is 0.335 e. The molecule has 1 fully saturated rings. The summed E-state index contributed by atoms with van der Waals surface area (Å²) in [5.74, 6) is -0.348. The van der Waals surface area contributed by atoms with E-state index in [0.29, 0.717) is 37.3 Å². The van der Waals surface area contributed by atoms with Crippen molar-refractivity contribution in [1.29, 1.82) is 0 Å². The zero-order valence-corrected chi connectivity index (χ0v) is 24.7. The normalized spacial score (nSPS) is 14.9. The summed E-state index contributed by atoms with van der Waals surface area (Å²) in [4.78, 5) is 31.6. The molecular formula is C32H24BrFN2O5S. The van der Waals surface area contributed by atoms with Crippen LogP contribution in [0.25, 0.3) is 6.08 Å². The van der Waals surface area contributed by atoms with Crippen LogP contribution in [0.4, 0.5) is 10.1 Å². The van der Waals surface area contributed by atoms with Crippen LogP contribution in [0.5, 0.6) is 11.5 Å². The second-order valence-electron chi connectivity index (χ2n) is 9.17. The number of rotatable bonds is 9. The third-order valence-electron chi connectivity index (χ3n) is 6.32. The van der Waals surface area contributed by atoms with Crippen LogP contribution in [0.15, 0.2) is 105 Å². The number of thioether (sulfide) groups is 1. The molecule has 10 heteroatoms. The molecule has 1 aliphatic rings. The topological polar surface area (TPSA) is 88.4 Å². The highest BCUT2D eigenvalue weighted by atomic mass is 79.9. The molecule has 0 atom stereocenters. The van der Waals surface area contributed by atoms with Gasteiger partial charge in [0.25, 0.3) is 5.91 Å². The summed E-state index contributed by atoms with van der Waals surface area (Å²) in [5, 5.41) is 9.71. The molecule has 1 heterocycles. The molecular weight excluding hydrogens is 623 g/mol. The van der Waals surface area contributed by atoms with Crippen LogP contribution in [0.3, 0.4) is 0 Å². The Morgan fingerprint density at radius 3 is 2.45 bits per heavy atom. The van der Waals surface area contributed by atoms with E-state index in [9.17, 15) is 19.1 Å². The molecule has 1 aliphatic heterocycles. The molecule has 212 valence electrons. The number of carboxylic acid groups (broad SMARTS) is 1. The third kappa shape index (κ3) is 6.89. The van der Waals surface area contributed by atoms with Crippen LogP contribution >= 0.6 is 27.7 Å². The SMILES string of the molecule is COc1ccc(N=C2S/C(=C\c3ccc(OCc4ccccc4F)c(Br)c3)C(=O)N2Cc2ccc(C(=O)O)cc2)cc1. The Bertz CT molecular complexity index is 1690. The maximum absolute atomic E-state index is 14.0. The van der Waals surface area contributed by atoms with Gasteiger partial charge in [-0.2, -0.15) is 0 Å². The van der Waals surface area contributed by atoms with E-state index in [1.807, 2.05) is 12.1 Å². The van der Waals surface area contributed by atoms with Crippen LogP contribution in [0.1, 0.15) is 27.0 Å². The molecule has 0 aliphatic carbocycles. The lowest BCUT2D eigenvalue weighted by Crippen LogP contribution is -2.28. The molecule has 4 aromatic carbocycles. The van der Waals surface area contributed by atoms with Crippen LogP contribution in [-0.4, -0.2) is 34.2 Å². The minimum absolute atomic E-state index is 0.0770. The zero-order valence-electron chi connectivity index (χ0n) is 22.3. The average Bonchev–Trinajstić information content (AvgIpc) is 3.27. The van der Waals surface area contributed by atoms with Gasteiger partial charge in [-0.3, -0.25) is 9.69 Å². The Morgan fingerprint density at radius 1 is 1.05 bits per heavy atom. The molecule has 4 aromatic rings. The highest BCUT2D eigenvalue weighted by Gasteiger charge is 2.33. The number of methoxy groups -OCH3 is 1. The van der Waals surface area contributed by atoms with Crippen molar-refractivity contribution >= 4 is 56.5 Å². The number of amides is 1. The molecule has 5 rings (SSSR count). The maximum atomic E-state index is 14.0. The van der Waals surface area contributed by atoms with Crippen molar-refractivity contribution in [1.82, 2.24) is 4.90 Å². The van der Waals surface area contributed by atoms with Crippen molar-refractivity contribution in [3.8, 4) is 11.5 Å². The van der Waals surface area contributed by atoms with Gasteiger partial charge in [0.1, 0.15) is 23.9 Å². The fraction of sp³-hybridized carbons (Fsp3) is 0.0938. The van der Waals surface area contributed by atoms with Gasteiger partial charge in [0, 0.05) is 5.56 Å². The Hall–Kier alpha value is -4.41. The van der Waals surface area contributed by atoms with Gasteiger partial charge in [-0.25, -0.2) is 14.2 Å². The predicted octanol–water partition coefficient (Wildman–Crippen LogP) is 7.68. The molecule has 0 aromatic heterocycles. The summed E-state index contributed by atoms with van der Waals surface area (Å²) in [5.41, 5.74) is 2.78. The molecule has 1 amide bonds. The summed E-state index contributed by atoms with van der Waals surface area (Å²) in [6.45, 7) is 0.290. The minimum atomic E-state index is -1.02. The first-order valence-electron chi connectivity index (χ1n) is 12.7. The second-order valence-corrected chi connectivity index (χ2v) is 11.0. The molecule has 7 nitrogen and oxygen atoms in total. The van der Waals surface area contributed by atoms with E-state index >= 15 is 0 Å². The van der Waals surface area contributed by atoms with Gasteiger partial charge in [0.15, 0.2) is 5.17 Å². The van der Waals surface area contributed by atoms with Crippen molar-refractivity contribution in [2.45, 2.75) is 13.2 Å². The third-order valence-corrected chi connectivity index (χ3v) is 7.95. The van der Waals surface area contributed by atoms with Crippen molar-refractivity contribution in [3.63, 3.8) is 0 Å². The first kappa shape index (κ1) is 29.1. The lowest BCUT2D eigenvalue weighted by atomic mass is 10.1. The van der Waals surface area contributed by atoms with Gasteiger partial charge >= 0.3 is 5.97 Å². The fourth-order valence-corrected chi connectivity index (χ4v) is 5.59. The number of hydrogen-bond donors (Lipinski definition) is 1. The Balaban J connectivity index is 1.40. The number of carbonyl (C=O) groups is 2. The first-order chi connectivity index (χ1) is 20.3. The van der Waals surface area contributed by atoms with Gasteiger partial charge in [-0.05, 0) is 99.5 Å². The highest BCUT2D eigenvalue weighted by Crippen LogP contribution is 2.36. The number of carbonyl (C=O) groups excluding carboxylic acids is 1. The standard InChI is InChI=1S/C32H24BrFN2O5S/c1-40-25-13-11-24(12-14-25)35-32-36(18-20-6-9-22(10-7-20)31(38)39)30(37)29(42-32)17-21-8-15-28(26(33)16-21)41-19-23-4-2-3-5-27(23)34/h2-17H,18-19H2,1H3,(H,38,39)/b29-17-,35-32?. The van der Waals surface area contributed by atoms with Crippen molar-refractivity contribution in [2.24, 2.45) is 4.99 Å². The number of hydrogen-bond acceptors (Lipinski definition) is 6. The van der Waals surface area contributed by atoms with E-state index in [0.717, 1.165) is 11.1 Å². The lowest BCUT2D eigenvalue weighted by molar-refractivity contribution is -0.122. The summed E-state index contributed by atoms with van der Waals surface area (Å²) >= 11 is 4.76. The molecule has 42 heavy (non-hydrogen) atoms. The summed E-state index contributed by atoms with van der Waals surface area (Å²) in [6, 6.07) is 25.4. The van der Waals surface area contributed by atoms with Crippen LogP contribution in [-0.2, 0) is 17.9 Å². The van der Waals surface area contributed by atoms with Crippen LogP contribution < -0.4 is 9.47 Å². The molecule has 0 bridgehead atoms. The van der Waals surface area contributed by atoms with Gasteiger partial charge in [0.05, 0.1) is 34.3 Å². The van der Waals surface area contributed by atoms with Crippen LogP contribution in [0, 0.1) is 5.82 Å². The number of carboxylic acids is 1. The van der Waals surface area contributed by atoms with Gasteiger partial charge in [-0.15, -0.1) is 0 Å². The smallest absolute Gasteiger partial charge is 0.335 e. The number of benzene rings is 4. The van der Waals surface area contributed by atoms with Crippen molar-refractivity contribution < 1.29 is 28.6 Å². The number of halogens is 2. The summed E-state index contributed by atoms with van der Waals surface area (Å²) < 4.78 is 25.7. The van der Waals surface area contributed by atoms with E-state index < -0.39 is 5.97 Å². The summed E-state index contributed by atoms with van der Waals surface area (Å²) in [7, 11) is 1.58. The Kier molecular flexibility index (Phi) is 9.04. The number of ether oxygens (including phenoxy) is 2. The second kappa shape index (κ2) is 13.1. The van der Waals surface area contributed by atoms with Gasteiger partial charge in [0.2, 0.25) is 0 Å². The van der Waals surface area contributed by atoms with E-state index in [1.54, 1.807) is 78.7 Å². The van der Waals surface area contributed by atoms with Crippen molar-refractivity contribution in [2.75, 3.05) is 7.11 Å². The minimum Gasteiger partial charge on any atom is -0.497 e. The molecule has 1 N–H and O–H groups in total. The Morgan fingerprint density at radius 2 is 1.79 bits per heavy atom. The molecule has 0 radical (unpaired) electrons. The Labute approximate surface area is 254 Å². The molecule has 1 saturated heterocycles. The number of nitrogens with zero attached hydrogens (tertiary/aromatic N) is 2. The molecule has 0 unspecified atom stereocenters. The summed E-state index contributed by atoms with van der Waals surface area (Å²) in [6.07, 6.45) is 1.77. The molecule has 0 saturated carbocycles. The van der Waals surface area contributed by atoms with E-state index in [4.69, 9.17) is 14.5 Å². The van der Waals surface area contributed by atoms with E-state index in [1.165, 1.54) is 30.0 Å².